The summed E-state index contributed by atoms with van der Waals surface area (Å²) < 4.78 is 13.4. The van der Waals surface area contributed by atoms with Crippen LogP contribution in [0.25, 0.3) is 0 Å². The molecule has 0 amide bonds. The zero-order chi connectivity index (χ0) is 14.2. The lowest BCUT2D eigenvalue weighted by atomic mass is 9.87. The number of hydrogen-bond donors (Lipinski definition) is 3. The molecule has 2 rings (SSSR count). The molecule has 0 bridgehead atoms. The Balaban J connectivity index is 2.35. The lowest BCUT2D eigenvalue weighted by Gasteiger charge is -2.29. The number of carboxylic acid groups (broad SMARTS) is 1. The van der Waals surface area contributed by atoms with Gasteiger partial charge in [-0.05, 0) is 30.4 Å². The molecule has 0 heterocycles. The third kappa shape index (κ3) is 2.50. The van der Waals surface area contributed by atoms with E-state index in [2.05, 4.69) is 19.2 Å². The van der Waals surface area contributed by atoms with Crippen molar-refractivity contribution >= 4 is 17.3 Å². The molecule has 1 aromatic rings. The van der Waals surface area contributed by atoms with E-state index in [-0.39, 0.29) is 22.7 Å². The highest BCUT2D eigenvalue weighted by Gasteiger charge is 2.35. The first-order valence-electron chi connectivity index (χ1n) is 6.41. The molecule has 0 saturated heterocycles. The number of carbonyl (C=O) groups is 1. The molecular formula is C14H19FN2O2. The molecule has 4 nitrogen and oxygen atoms in total. The Morgan fingerprint density at radius 1 is 1.53 bits per heavy atom. The molecule has 1 unspecified atom stereocenters. The Hall–Kier alpha value is -1.78. The molecule has 1 saturated carbocycles. The molecule has 0 radical (unpaired) electrons. The number of rotatable bonds is 3. The minimum absolute atomic E-state index is 0.0962. The highest BCUT2D eigenvalue weighted by atomic mass is 19.1. The van der Waals surface area contributed by atoms with Crippen LogP contribution in [0.3, 0.4) is 0 Å². The Morgan fingerprint density at radius 3 is 2.74 bits per heavy atom. The Labute approximate surface area is 111 Å². The second kappa shape index (κ2) is 4.72. The maximum Gasteiger partial charge on any atom is 0.340 e. The van der Waals surface area contributed by atoms with Crippen LogP contribution in [0.5, 0.6) is 0 Å². The van der Waals surface area contributed by atoms with Crippen molar-refractivity contribution in [1.82, 2.24) is 0 Å². The van der Waals surface area contributed by atoms with Gasteiger partial charge in [-0.15, -0.1) is 0 Å². The number of aromatic carboxylic acids is 1. The highest BCUT2D eigenvalue weighted by molar-refractivity contribution is 6.00. The molecule has 1 aliphatic carbocycles. The van der Waals surface area contributed by atoms with Gasteiger partial charge in [0.25, 0.3) is 0 Å². The van der Waals surface area contributed by atoms with E-state index < -0.39 is 11.8 Å². The van der Waals surface area contributed by atoms with Gasteiger partial charge in [-0.2, -0.15) is 0 Å². The number of nitrogen functional groups attached to an aromatic ring is 1. The normalized spacial score (nSPS) is 21.3. The fraction of sp³-hybridized carbons (Fsp3) is 0.500. The molecule has 0 aromatic heterocycles. The summed E-state index contributed by atoms with van der Waals surface area (Å²) in [6, 6.07) is 2.82. The van der Waals surface area contributed by atoms with Crippen LogP contribution in [-0.4, -0.2) is 17.1 Å². The van der Waals surface area contributed by atoms with Crippen molar-refractivity contribution < 1.29 is 14.3 Å². The number of nitrogens with one attached hydrogen (secondary N) is 1. The van der Waals surface area contributed by atoms with E-state index in [4.69, 9.17) is 5.73 Å². The number of nitrogens with two attached hydrogens (primary N) is 1. The first-order valence-corrected chi connectivity index (χ1v) is 6.41. The average Bonchev–Trinajstić information content (AvgIpc) is 2.63. The van der Waals surface area contributed by atoms with Gasteiger partial charge in [-0.25, -0.2) is 9.18 Å². The number of halogens is 1. The molecular weight excluding hydrogens is 247 g/mol. The second-order valence-corrected chi connectivity index (χ2v) is 5.77. The highest BCUT2D eigenvalue weighted by Crippen LogP contribution is 2.40. The lowest BCUT2D eigenvalue weighted by molar-refractivity contribution is 0.0698. The third-order valence-corrected chi connectivity index (χ3v) is 3.99. The van der Waals surface area contributed by atoms with Gasteiger partial charge in [0.2, 0.25) is 0 Å². The summed E-state index contributed by atoms with van der Waals surface area (Å²) in [4.78, 5) is 11.2. The van der Waals surface area contributed by atoms with Crippen LogP contribution in [0, 0.1) is 11.2 Å². The third-order valence-electron chi connectivity index (χ3n) is 3.99. The van der Waals surface area contributed by atoms with Crippen molar-refractivity contribution in [2.24, 2.45) is 5.41 Å². The summed E-state index contributed by atoms with van der Waals surface area (Å²) in [6.07, 6.45) is 3.16. The van der Waals surface area contributed by atoms with E-state index in [0.29, 0.717) is 5.69 Å². The van der Waals surface area contributed by atoms with Gasteiger partial charge in [-0.3, -0.25) is 0 Å². The largest absolute Gasteiger partial charge is 0.478 e. The van der Waals surface area contributed by atoms with Crippen LogP contribution in [0.4, 0.5) is 15.8 Å². The second-order valence-electron chi connectivity index (χ2n) is 5.77. The van der Waals surface area contributed by atoms with Crippen LogP contribution < -0.4 is 11.1 Å². The van der Waals surface area contributed by atoms with E-state index in [0.717, 1.165) is 19.3 Å². The standard InChI is InChI=1S/C14H19FN2O2/c1-14(2)7-3-4-10(14)17-9-6-5-8(15)12(16)11(9)13(18)19/h5-6,10,17H,3-4,7,16H2,1-2H3,(H,18,19). The molecule has 1 aliphatic rings. The van der Waals surface area contributed by atoms with Crippen molar-refractivity contribution in [2.45, 2.75) is 39.2 Å². The van der Waals surface area contributed by atoms with Crippen molar-refractivity contribution in [3.8, 4) is 0 Å². The van der Waals surface area contributed by atoms with Gasteiger partial charge in [0, 0.05) is 6.04 Å². The molecule has 1 fully saturated rings. The average molecular weight is 266 g/mol. The predicted octanol–water partition coefficient (Wildman–Crippen LogP) is 3.10. The van der Waals surface area contributed by atoms with Gasteiger partial charge in [0.15, 0.2) is 0 Å². The molecule has 0 spiro atoms. The monoisotopic (exact) mass is 266 g/mol. The van der Waals surface area contributed by atoms with Crippen molar-refractivity contribution in [3.05, 3.63) is 23.5 Å². The molecule has 0 aliphatic heterocycles. The Kier molecular flexibility index (Phi) is 3.39. The summed E-state index contributed by atoms with van der Waals surface area (Å²) in [7, 11) is 0. The van der Waals surface area contributed by atoms with Crippen LogP contribution in [0.1, 0.15) is 43.5 Å². The maximum absolute atomic E-state index is 13.4. The summed E-state index contributed by atoms with van der Waals surface area (Å²) in [5.74, 6) is -1.91. The topological polar surface area (TPSA) is 75.3 Å². The molecule has 19 heavy (non-hydrogen) atoms. The summed E-state index contributed by atoms with van der Waals surface area (Å²) in [5, 5.41) is 12.4. The van der Waals surface area contributed by atoms with Gasteiger partial charge in [-0.1, -0.05) is 20.3 Å². The van der Waals surface area contributed by atoms with Crippen molar-refractivity contribution in [1.29, 1.82) is 0 Å². The minimum Gasteiger partial charge on any atom is -0.478 e. The van der Waals surface area contributed by atoms with E-state index in [1.54, 1.807) is 0 Å². The van der Waals surface area contributed by atoms with Gasteiger partial charge in [0.05, 0.1) is 11.4 Å². The molecule has 4 N–H and O–H groups in total. The first-order chi connectivity index (χ1) is 8.83. The molecule has 104 valence electrons. The number of hydrogen-bond acceptors (Lipinski definition) is 3. The SMILES string of the molecule is CC1(C)CCCC1Nc1ccc(F)c(N)c1C(=O)O. The van der Waals surface area contributed by atoms with Gasteiger partial charge in [0.1, 0.15) is 11.4 Å². The van der Waals surface area contributed by atoms with Gasteiger partial charge < -0.3 is 16.2 Å². The molecule has 1 atom stereocenters. The van der Waals surface area contributed by atoms with E-state index in [1.807, 2.05) is 0 Å². The molecule has 1 aromatic carbocycles. The van der Waals surface area contributed by atoms with Crippen molar-refractivity contribution in [2.75, 3.05) is 11.1 Å². The van der Waals surface area contributed by atoms with E-state index in [1.165, 1.54) is 12.1 Å². The number of anilines is 2. The molecule has 5 heteroatoms. The van der Waals surface area contributed by atoms with Crippen LogP contribution >= 0.6 is 0 Å². The Bertz CT molecular complexity index is 514. The summed E-state index contributed by atoms with van der Waals surface area (Å²) >= 11 is 0. The van der Waals surface area contributed by atoms with E-state index in [9.17, 15) is 14.3 Å². The Morgan fingerprint density at radius 2 is 2.21 bits per heavy atom. The van der Waals surface area contributed by atoms with Crippen LogP contribution in [0.15, 0.2) is 12.1 Å². The first kappa shape index (κ1) is 13.6. The summed E-state index contributed by atoms with van der Waals surface area (Å²) in [5.41, 5.74) is 5.53. The fourth-order valence-electron chi connectivity index (χ4n) is 2.73. The predicted molar refractivity (Wildman–Crippen MR) is 72.8 cm³/mol. The number of benzene rings is 1. The van der Waals surface area contributed by atoms with Crippen molar-refractivity contribution in [3.63, 3.8) is 0 Å². The summed E-state index contributed by atoms with van der Waals surface area (Å²) in [6.45, 7) is 4.29. The van der Waals surface area contributed by atoms with Crippen LogP contribution in [-0.2, 0) is 0 Å². The fourth-order valence-corrected chi connectivity index (χ4v) is 2.73. The maximum atomic E-state index is 13.4. The minimum atomic E-state index is -1.21. The van der Waals surface area contributed by atoms with Gasteiger partial charge >= 0.3 is 5.97 Å². The zero-order valence-corrected chi connectivity index (χ0v) is 11.2. The smallest absolute Gasteiger partial charge is 0.340 e. The van der Waals surface area contributed by atoms with E-state index >= 15 is 0 Å². The lowest BCUT2D eigenvalue weighted by Crippen LogP contribution is -2.31. The number of carboxylic acids is 1. The van der Waals surface area contributed by atoms with Crippen LogP contribution in [0.2, 0.25) is 0 Å². The zero-order valence-electron chi connectivity index (χ0n) is 11.2. The quantitative estimate of drug-likeness (QED) is 0.735.